The molecule has 0 fully saturated rings. The van der Waals surface area contributed by atoms with Crippen molar-refractivity contribution in [2.45, 2.75) is 20.3 Å². The molecule has 0 aliphatic heterocycles. The smallest absolute Gasteiger partial charge is 0.274 e. The van der Waals surface area contributed by atoms with Crippen molar-refractivity contribution in [2.24, 2.45) is 0 Å². The number of fused-ring (bicyclic) bond motifs is 3. The molecule has 0 saturated carbocycles. The molecule has 5 aromatic rings. The monoisotopic (exact) mass is 486 g/mol. The lowest BCUT2D eigenvalue weighted by atomic mass is 10.2. The minimum atomic E-state index is -0.0642. The maximum Gasteiger partial charge on any atom is 0.274 e. The summed E-state index contributed by atoms with van der Waals surface area (Å²) in [5.41, 5.74) is 3.58. The minimum absolute atomic E-state index is 0.0642. The van der Waals surface area contributed by atoms with Gasteiger partial charge in [-0.25, -0.2) is 9.38 Å². The zero-order valence-corrected chi connectivity index (χ0v) is 20.5. The number of benzene rings is 3. The number of hydrogen-bond donors (Lipinski definition) is 0. The van der Waals surface area contributed by atoms with Crippen LogP contribution in [0.1, 0.15) is 24.5 Å². The second-order valence-corrected chi connectivity index (χ2v) is 9.10. The van der Waals surface area contributed by atoms with Gasteiger partial charge in [-0.15, -0.1) is 0 Å². The van der Waals surface area contributed by atoms with E-state index in [0.29, 0.717) is 40.8 Å². The highest BCUT2D eigenvalue weighted by molar-refractivity contribution is 7.15. The summed E-state index contributed by atoms with van der Waals surface area (Å²) >= 11 is 1.38. The molecule has 2 heterocycles. The summed E-state index contributed by atoms with van der Waals surface area (Å²) in [5, 5.41) is 0. The Morgan fingerprint density at radius 1 is 0.914 bits per heavy atom. The number of ether oxygens (including phenoxy) is 3. The lowest BCUT2D eigenvalue weighted by Crippen LogP contribution is -2.22. The molecule has 0 N–H and O–H groups in total. The average molecular weight is 487 g/mol. The normalized spacial score (nSPS) is 11.9. The second kappa shape index (κ2) is 10.2. The van der Waals surface area contributed by atoms with E-state index in [2.05, 4.69) is 4.98 Å². The number of para-hydroxylation sites is 3. The molecule has 178 valence electrons. The summed E-state index contributed by atoms with van der Waals surface area (Å²) in [6.07, 6.45) is 2.62. The fourth-order valence-electron chi connectivity index (χ4n) is 3.91. The molecule has 5 rings (SSSR count). The van der Waals surface area contributed by atoms with Crippen molar-refractivity contribution in [1.29, 1.82) is 0 Å². The van der Waals surface area contributed by atoms with Gasteiger partial charge in [-0.1, -0.05) is 47.7 Å². The Kier molecular flexibility index (Phi) is 6.68. The van der Waals surface area contributed by atoms with E-state index in [1.807, 2.05) is 86.7 Å². The molecule has 6 nitrogen and oxygen atoms in total. The van der Waals surface area contributed by atoms with Gasteiger partial charge in [0.2, 0.25) is 0 Å². The molecule has 0 aliphatic carbocycles. The third-order valence-electron chi connectivity index (χ3n) is 5.61. The highest BCUT2D eigenvalue weighted by Crippen LogP contribution is 2.29. The quantitative estimate of drug-likeness (QED) is 0.274. The first-order chi connectivity index (χ1) is 17.1. The van der Waals surface area contributed by atoms with Gasteiger partial charge in [0.15, 0.2) is 16.5 Å². The van der Waals surface area contributed by atoms with Gasteiger partial charge in [0.25, 0.3) is 5.56 Å². The molecule has 0 saturated heterocycles. The van der Waals surface area contributed by atoms with Crippen molar-refractivity contribution >= 4 is 33.4 Å². The molecule has 0 aliphatic rings. The maximum atomic E-state index is 13.0. The topological polar surface area (TPSA) is 62.1 Å². The van der Waals surface area contributed by atoms with Crippen LogP contribution in [0.3, 0.4) is 0 Å². The molecule has 0 unspecified atom stereocenters. The Labute approximate surface area is 207 Å². The van der Waals surface area contributed by atoms with Crippen LogP contribution in [-0.2, 0) is 0 Å². The summed E-state index contributed by atoms with van der Waals surface area (Å²) < 4.78 is 19.9. The number of nitrogens with zero attached hydrogens (tertiary/aromatic N) is 2. The zero-order valence-electron chi connectivity index (χ0n) is 19.7. The van der Waals surface area contributed by atoms with Crippen LogP contribution in [-0.4, -0.2) is 29.2 Å². The lowest BCUT2D eigenvalue weighted by molar-refractivity contribution is 0.235. The van der Waals surface area contributed by atoms with Crippen molar-refractivity contribution in [3.05, 3.63) is 92.7 Å². The predicted octanol–water partition coefficient (Wildman–Crippen LogP) is 5.01. The van der Waals surface area contributed by atoms with Gasteiger partial charge in [0.05, 0.1) is 35.4 Å². The molecule has 35 heavy (non-hydrogen) atoms. The maximum absolute atomic E-state index is 13.0. The summed E-state index contributed by atoms with van der Waals surface area (Å²) in [4.78, 5) is 18.3. The van der Waals surface area contributed by atoms with Crippen LogP contribution >= 0.6 is 11.3 Å². The molecule has 0 spiro atoms. The summed E-state index contributed by atoms with van der Waals surface area (Å²) in [7, 11) is 0. The fourth-order valence-corrected chi connectivity index (χ4v) is 4.89. The summed E-state index contributed by atoms with van der Waals surface area (Å²) in [6.45, 7) is 5.56. The molecule has 0 bridgehead atoms. The first kappa shape index (κ1) is 22.9. The van der Waals surface area contributed by atoms with Crippen molar-refractivity contribution in [2.75, 3.05) is 19.8 Å². The van der Waals surface area contributed by atoms with Crippen LogP contribution in [0, 0.1) is 6.92 Å². The first-order valence-corrected chi connectivity index (χ1v) is 12.5. The van der Waals surface area contributed by atoms with Gasteiger partial charge in [0, 0.05) is 6.42 Å². The minimum Gasteiger partial charge on any atom is -0.493 e. The van der Waals surface area contributed by atoms with Gasteiger partial charge >= 0.3 is 0 Å². The van der Waals surface area contributed by atoms with Crippen LogP contribution in [0.15, 0.2) is 71.5 Å². The van der Waals surface area contributed by atoms with Gasteiger partial charge in [0.1, 0.15) is 5.75 Å². The van der Waals surface area contributed by atoms with E-state index in [0.717, 1.165) is 34.3 Å². The Morgan fingerprint density at radius 3 is 2.51 bits per heavy atom. The van der Waals surface area contributed by atoms with E-state index in [-0.39, 0.29) is 5.56 Å². The van der Waals surface area contributed by atoms with E-state index >= 15 is 0 Å². The SMILES string of the molecule is CCOc1cc(/C=c2\sc3nc4ccccc4n3c2=O)ccc1OCCCOc1ccccc1C. The summed E-state index contributed by atoms with van der Waals surface area (Å²) in [6, 6.07) is 21.4. The van der Waals surface area contributed by atoms with E-state index in [9.17, 15) is 4.79 Å². The van der Waals surface area contributed by atoms with Gasteiger partial charge in [-0.05, 0) is 61.4 Å². The molecule has 7 heteroatoms. The van der Waals surface area contributed by atoms with Gasteiger partial charge in [-0.2, -0.15) is 0 Å². The van der Waals surface area contributed by atoms with Crippen LogP contribution in [0.25, 0.3) is 22.1 Å². The highest BCUT2D eigenvalue weighted by atomic mass is 32.1. The highest BCUT2D eigenvalue weighted by Gasteiger charge is 2.11. The van der Waals surface area contributed by atoms with Crippen molar-refractivity contribution in [1.82, 2.24) is 9.38 Å². The number of aromatic nitrogens is 2. The van der Waals surface area contributed by atoms with Crippen LogP contribution < -0.4 is 24.3 Å². The Bertz CT molecular complexity index is 1590. The summed E-state index contributed by atoms with van der Waals surface area (Å²) in [5.74, 6) is 2.23. The van der Waals surface area contributed by atoms with E-state index in [1.54, 1.807) is 4.40 Å². The molecular weight excluding hydrogens is 460 g/mol. The molecular formula is C28H26N2O4S. The molecule has 3 aromatic carbocycles. The predicted molar refractivity (Wildman–Crippen MR) is 140 cm³/mol. The fraction of sp³-hybridized carbons (Fsp3) is 0.214. The zero-order chi connectivity index (χ0) is 24.2. The molecule has 0 atom stereocenters. The number of imidazole rings is 1. The van der Waals surface area contributed by atoms with E-state index in [4.69, 9.17) is 14.2 Å². The van der Waals surface area contributed by atoms with Crippen molar-refractivity contribution in [3.8, 4) is 17.2 Å². The standard InChI is InChI=1S/C28H26N2O4S/c1-3-32-25-17-20(13-14-24(25)34-16-8-15-33-23-12-7-4-9-19(23)2)18-26-27(31)30-22-11-6-5-10-21(22)29-28(30)35-26/h4-7,9-14,17-18H,3,8,15-16H2,1-2H3/b26-18-. The molecule has 0 amide bonds. The number of rotatable bonds is 9. The van der Waals surface area contributed by atoms with Crippen molar-refractivity contribution < 1.29 is 14.2 Å². The third-order valence-corrected chi connectivity index (χ3v) is 6.58. The van der Waals surface area contributed by atoms with E-state index in [1.165, 1.54) is 11.3 Å². The first-order valence-electron chi connectivity index (χ1n) is 11.6. The number of hydrogen-bond acceptors (Lipinski definition) is 6. The van der Waals surface area contributed by atoms with Gasteiger partial charge < -0.3 is 14.2 Å². The van der Waals surface area contributed by atoms with Crippen LogP contribution in [0.5, 0.6) is 17.2 Å². The average Bonchev–Trinajstić information content (AvgIpc) is 3.37. The van der Waals surface area contributed by atoms with Crippen LogP contribution in [0.2, 0.25) is 0 Å². The molecule has 0 radical (unpaired) electrons. The van der Waals surface area contributed by atoms with Crippen molar-refractivity contribution in [3.63, 3.8) is 0 Å². The van der Waals surface area contributed by atoms with Crippen LogP contribution in [0.4, 0.5) is 0 Å². The number of thiazole rings is 1. The molecule has 2 aromatic heterocycles. The Morgan fingerprint density at radius 2 is 1.69 bits per heavy atom. The lowest BCUT2D eigenvalue weighted by Gasteiger charge is -2.13. The number of aryl methyl sites for hydroxylation is 1. The Balaban J connectivity index is 1.31. The largest absolute Gasteiger partial charge is 0.493 e. The third kappa shape index (κ3) is 4.86. The van der Waals surface area contributed by atoms with E-state index < -0.39 is 0 Å². The Hall–Kier alpha value is -3.84. The second-order valence-electron chi connectivity index (χ2n) is 8.09. The van der Waals surface area contributed by atoms with Gasteiger partial charge in [-0.3, -0.25) is 4.79 Å².